The molecule has 0 aromatic heterocycles. The number of fused-ring (bicyclic) bond motifs is 2. The quantitative estimate of drug-likeness (QED) is 0.807. The molecule has 0 saturated carbocycles. The van der Waals surface area contributed by atoms with Crippen LogP contribution in [0.3, 0.4) is 0 Å². The fourth-order valence-corrected chi connectivity index (χ4v) is 3.83. The van der Waals surface area contributed by atoms with E-state index in [9.17, 15) is 0 Å². The lowest BCUT2D eigenvalue weighted by molar-refractivity contribution is 0.479. The van der Waals surface area contributed by atoms with Gasteiger partial charge in [0.15, 0.2) is 0 Å². The van der Waals surface area contributed by atoms with Crippen LogP contribution in [0, 0.1) is 0 Å². The van der Waals surface area contributed by atoms with Gasteiger partial charge >= 0.3 is 0 Å². The van der Waals surface area contributed by atoms with Crippen LogP contribution in [0.5, 0.6) is 0 Å². The number of para-hydroxylation sites is 2. The Bertz CT molecular complexity index is 565. The van der Waals surface area contributed by atoms with Crippen molar-refractivity contribution in [2.24, 2.45) is 0 Å². The summed E-state index contributed by atoms with van der Waals surface area (Å²) < 4.78 is 0. The lowest BCUT2D eigenvalue weighted by Gasteiger charge is -2.36. The maximum atomic E-state index is 3.54. The Kier molecular flexibility index (Phi) is 2.87. The minimum Gasteiger partial charge on any atom is -0.385 e. The molecule has 102 valence electrons. The van der Waals surface area contributed by atoms with Crippen molar-refractivity contribution < 1.29 is 0 Å². The van der Waals surface area contributed by atoms with Gasteiger partial charge in [0, 0.05) is 24.5 Å². The molecule has 2 aromatic rings. The molecule has 0 aliphatic carbocycles. The fourth-order valence-electron chi connectivity index (χ4n) is 3.83. The van der Waals surface area contributed by atoms with Crippen molar-refractivity contribution in [1.29, 1.82) is 0 Å². The van der Waals surface area contributed by atoms with Crippen molar-refractivity contribution in [2.45, 2.75) is 24.7 Å². The third kappa shape index (κ3) is 1.87. The molecular formula is C18H20N2. The molecule has 0 amide bonds. The molecule has 2 heteroatoms. The van der Waals surface area contributed by atoms with Gasteiger partial charge in [0.05, 0.1) is 0 Å². The Morgan fingerprint density at radius 1 is 0.650 bits per heavy atom. The second kappa shape index (κ2) is 4.86. The maximum Gasteiger partial charge on any atom is 0.0375 e. The molecule has 20 heavy (non-hydrogen) atoms. The molecule has 2 atom stereocenters. The molecule has 4 rings (SSSR count). The monoisotopic (exact) mass is 264 g/mol. The predicted octanol–water partition coefficient (Wildman–Crippen LogP) is 4.19. The highest BCUT2D eigenvalue weighted by Gasteiger charge is 2.31. The molecule has 0 bridgehead atoms. The number of rotatable bonds is 1. The topological polar surface area (TPSA) is 24.1 Å². The number of nitrogens with one attached hydrogen (secondary N) is 2. The van der Waals surface area contributed by atoms with E-state index < -0.39 is 0 Å². The fraction of sp³-hybridized carbons (Fsp3) is 0.333. The SMILES string of the molecule is c1ccc2c(c1)NCCC2C1CCNc2ccccc21. The second-order valence-electron chi connectivity index (χ2n) is 5.82. The first-order chi connectivity index (χ1) is 9.93. The van der Waals surface area contributed by atoms with E-state index >= 15 is 0 Å². The Morgan fingerprint density at radius 3 is 1.60 bits per heavy atom. The van der Waals surface area contributed by atoms with Gasteiger partial charge in [0.2, 0.25) is 0 Å². The first-order valence-corrected chi connectivity index (χ1v) is 7.59. The molecule has 2 aromatic carbocycles. The summed E-state index contributed by atoms with van der Waals surface area (Å²) in [4.78, 5) is 0. The van der Waals surface area contributed by atoms with Crippen molar-refractivity contribution >= 4 is 11.4 Å². The van der Waals surface area contributed by atoms with Crippen LogP contribution < -0.4 is 10.6 Å². The average Bonchev–Trinajstić information content (AvgIpc) is 2.54. The van der Waals surface area contributed by atoms with E-state index in [1.165, 1.54) is 35.3 Å². The Labute approximate surface area is 120 Å². The molecule has 2 unspecified atom stereocenters. The highest BCUT2D eigenvalue weighted by Crippen LogP contribution is 2.46. The Hall–Kier alpha value is -1.96. The molecule has 2 aliphatic rings. The summed E-state index contributed by atoms with van der Waals surface area (Å²) in [5, 5.41) is 7.08. The van der Waals surface area contributed by atoms with Crippen molar-refractivity contribution in [3.63, 3.8) is 0 Å². The van der Waals surface area contributed by atoms with Crippen LogP contribution in [-0.4, -0.2) is 13.1 Å². The van der Waals surface area contributed by atoms with Gasteiger partial charge < -0.3 is 10.6 Å². The normalized spacial score (nSPS) is 24.0. The van der Waals surface area contributed by atoms with E-state index in [1.807, 2.05) is 0 Å². The van der Waals surface area contributed by atoms with Gasteiger partial charge in [-0.15, -0.1) is 0 Å². The summed E-state index contributed by atoms with van der Waals surface area (Å²) >= 11 is 0. The van der Waals surface area contributed by atoms with E-state index in [0.717, 1.165) is 13.1 Å². The average molecular weight is 264 g/mol. The van der Waals surface area contributed by atoms with Crippen LogP contribution in [0.1, 0.15) is 35.8 Å². The standard InChI is InChI=1S/C18H20N2/c1-3-7-17-15(5-1)13(9-11-19-17)14-10-12-20-18-8-4-2-6-16(14)18/h1-8,13-14,19-20H,9-12H2. The summed E-state index contributed by atoms with van der Waals surface area (Å²) in [6.07, 6.45) is 2.46. The summed E-state index contributed by atoms with van der Waals surface area (Å²) in [7, 11) is 0. The highest BCUT2D eigenvalue weighted by atomic mass is 14.9. The smallest absolute Gasteiger partial charge is 0.0375 e. The first-order valence-electron chi connectivity index (χ1n) is 7.59. The predicted molar refractivity (Wildman–Crippen MR) is 84.6 cm³/mol. The number of anilines is 2. The van der Waals surface area contributed by atoms with Gasteiger partial charge in [0.25, 0.3) is 0 Å². The largest absolute Gasteiger partial charge is 0.385 e. The summed E-state index contributed by atoms with van der Waals surface area (Å²) in [6, 6.07) is 17.6. The third-order valence-electron chi connectivity index (χ3n) is 4.75. The molecule has 0 saturated heterocycles. The highest BCUT2D eigenvalue weighted by molar-refractivity contribution is 5.59. The molecule has 0 fully saturated rings. The minimum absolute atomic E-state index is 0.649. The number of hydrogen-bond donors (Lipinski definition) is 2. The van der Waals surface area contributed by atoms with E-state index in [2.05, 4.69) is 59.2 Å². The summed E-state index contributed by atoms with van der Waals surface area (Å²) in [6.45, 7) is 2.18. The molecule has 2 aliphatic heterocycles. The van der Waals surface area contributed by atoms with Gasteiger partial charge in [-0.3, -0.25) is 0 Å². The zero-order valence-corrected chi connectivity index (χ0v) is 11.6. The third-order valence-corrected chi connectivity index (χ3v) is 4.75. The van der Waals surface area contributed by atoms with Crippen molar-refractivity contribution in [1.82, 2.24) is 0 Å². The molecule has 0 spiro atoms. The van der Waals surface area contributed by atoms with Gasteiger partial charge in [-0.1, -0.05) is 36.4 Å². The lowest BCUT2D eigenvalue weighted by atomic mass is 9.74. The lowest BCUT2D eigenvalue weighted by Crippen LogP contribution is -2.26. The van der Waals surface area contributed by atoms with E-state index in [-0.39, 0.29) is 0 Å². The minimum atomic E-state index is 0.649. The van der Waals surface area contributed by atoms with Gasteiger partial charge in [-0.2, -0.15) is 0 Å². The second-order valence-corrected chi connectivity index (χ2v) is 5.82. The molecular weight excluding hydrogens is 244 g/mol. The molecule has 2 heterocycles. The van der Waals surface area contributed by atoms with Crippen LogP contribution in [0.2, 0.25) is 0 Å². The molecule has 2 N–H and O–H groups in total. The van der Waals surface area contributed by atoms with Gasteiger partial charge in [-0.25, -0.2) is 0 Å². The van der Waals surface area contributed by atoms with Gasteiger partial charge in [-0.05, 0) is 47.9 Å². The summed E-state index contributed by atoms with van der Waals surface area (Å²) in [5.41, 5.74) is 5.67. The Balaban J connectivity index is 1.77. The number of benzene rings is 2. The Morgan fingerprint density at radius 2 is 1.10 bits per heavy atom. The number of hydrogen-bond acceptors (Lipinski definition) is 2. The van der Waals surface area contributed by atoms with Crippen LogP contribution in [0.15, 0.2) is 48.5 Å². The van der Waals surface area contributed by atoms with Crippen molar-refractivity contribution in [2.75, 3.05) is 23.7 Å². The zero-order valence-electron chi connectivity index (χ0n) is 11.6. The van der Waals surface area contributed by atoms with Crippen LogP contribution in [0.4, 0.5) is 11.4 Å². The van der Waals surface area contributed by atoms with E-state index in [1.54, 1.807) is 0 Å². The van der Waals surface area contributed by atoms with Crippen molar-refractivity contribution in [3.8, 4) is 0 Å². The van der Waals surface area contributed by atoms with Crippen LogP contribution in [0.25, 0.3) is 0 Å². The van der Waals surface area contributed by atoms with E-state index in [0.29, 0.717) is 11.8 Å². The van der Waals surface area contributed by atoms with Crippen molar-refractivity contribution in [3.05, 3.63) is 59.7 Å². The molecule has 2 nitrogen and oxygen atoms in total. The van der Waals surface area contributed by atoms with Crippen LogP contribution >= 0.6 is 0 Å². The zero-order chi connectivity index (χ0) is 13.4. The van der Waals surface area contributed by atoms with Crippen LogP contribution in [-0.2, 0) is 0 Å². The molecule has 0 radical (unpaired) electrons. The van der Waals surface area contributed by atoms with Gasteiger partial charge in [0.1, 0.15) is 0 Å². The summed E-state index contributed by atoms with van der Waals surface area (Å²) in [5.74, 6) is 1.30. The van der Waals surface area contributed by atoms with E-state index in [4.69, 9.17) is 0 Å². The maximum absolute atomic E-state index is 3.54. The first kappa shape index (κ1) is 11.8.